The molecule has 4 heteroatoms. The van der Waals surface area contributed by atoms with Crippen molar-refractivity contribution >= 4 is 6.09 Å². The second kappa shape index (κ2) is 6.23. The Balaban J connectivity index is 1.94. The normalized spacial score (nSPS) is 30.3. The summed E-state index contributed by atoms with van der Waals surface area (Å²) in [7, 11) is 0. The summed E-state index contributed by atoms with van der Waals surface area (Å²) in [5.41, 5.74) is 0. The van der Waals surface area contributed by atoms with Gasteiger partial charge in [-0.15, -0.1) is 6.58 Å². The molecular formula is C14H24N2O2. The monoisotopic (exact) mass is 252 g/mol. The molecule has 2 bridgehead atoms. The van der Waals surface area contributed by atoms with Crippen molar-refractivity contribution in [2.24, 2.45) is 0 Å². The molecule has 2 saturated heterocycles. The molecular weight excluding hydrogens is 228 g/mol. The molecule has 1 amide bonds. The standard InChI is InChI=1S/C14H24N2O2/c1-3-5-9-18-14(17)16-11-7-8-13(16)12(6-4-2)15-10-11/h4,11-13,15H,2-3,5-10H2,1H3/t11-,12-,13+/m1/s1. The van der Waals surface area contributed by atoms with E-state index in [9.17, 15) is 4.79 Å². The van der Waals surface area contributed by atoms with Gasteiger partial charge >= 0.3 is 6.09 Å². The van der Waals surface area contributed by atoms with Gasteiger partial charge in [-0.25, -0.2) is 4.79 Å². The summed E-state index contributed by atoms with van der Waals surface area (Å²) in [6, 6.07) is 0.959. The number of piperazine rings is 1. The summed E-state index contributed by atoms with van der Waals surface area (Å²) in [5.74, 6) is 0. The Morgan fingerprint density at radius 1 is 1.56 bits per heavy atom. The Kier molecular flexibility index (Phi) is 4.64. The van der Waals surface area contributed by atoms with Gasteiger partial charge in [-0.1, -0.05) is 19.4 Å². The number of carbonyl (C=O) groups is 1. The molecule has 0 radical (unpaired) electrons. The van der Waals surface area contributed by atoms with E-state index in [1.54, 1.807) is 0 Å². The Bertz CT molecular complexity index is 306. The average Bonchev–Trinajstić information content (AvgIpc) is 2.69. The summed E-state index contributed by atoms with van der Waals surface area (Å²) >= 11 is 0. The first-order valence-corrected chi connectivity index (χ1v) is 7.07. The van der Waals surface area contributed by atoms with Gasteiger partial charge < -0.3 is 10.1 Å². The van der Waals surface area contributed by atoms with E-state index >= 15 is 0 Å². The van der Waals surface area contributed by atoms with Gasteiger partial charge in [0.05, 0.1) is 12.6 Å². The lowest BCUT2D eigenvalue weighted by Gasteiger charge is -2.39. The predicted octanol–water partition coefficient (Wildman–Crippen LogP) is 2.30. The first-order chi connectivity index (χ1) is 8.77. The summed E-state index contributed by atoms with van der Waals surface area (Å²) in [6.45, 7) is 7.33. The number of hydrogen-bond donors (Lipinski definition) is 1. The third-order valence-electron chi connectivity index (χ3n) is 3.98. The molecule has 2 rings (SSSR count). The maximum Gasteiger partial charge on any atom is 0.410 e. The van der Waals surface area contributed by atoms with Crippen LogP contribution in [0.1, 0.15) is 39.0 Å². The van der Waals surface area contributed by atoms with Crippen LogP contribution in [0.15, 0.2) is 12.7 Å². The highest BCUT2D eigenvalue weighted by Gasteiger charge is 2.44. The number of nitrogens with zero attached hydrogens (tertiary/aromatic N) is 1. The van der Waals surface area contributed by atoms with E-state index in [2.05, 4.69) is 18.8 Å². The van der Waals surface area contributed by atoms with Crippen LogP contribution in [-0.2, 0) is 4.74 Å². The van der Waals surface area contributed by atoms with Crippen LogP contribution < -0.4 is 5.32 Å². The SMILES string of the molecule is C=CC[C@H]1NC[C@H]2CC[C@@H]1N2C(=O)OCCCC. The second-order valence-electron chi connectivity index (χ2n) is 5.21. The minimum absolute atomic E-state index is 0.119. The number of hydrogen-bond acceptors (Lipinski definition) is 3. The van der Waals surface area contributed by atoms with Gasteiger partial charge in [-0.3, -0.25) is 4.90 Å². The first-order valence-electron chi connectivity index (χ1n) is 7.07. The average molecular weight is 252 g/mol. The molecule has 3 atom stereocenters. The Morgan fingerprint density at radius 2 is 2.39 bits per heavy atom. The van der Waals surface area contributed by atoms with E-state index in [1.165, 1.54) is 0 Å². The zero-order valence-electron chi connectivity index (χ0n) is 11.2. The van der Waals surface area contributed by atoms with Crippen molar-refractivity contribution in [1.82, 2.24) is 10.2 Å². The third-order valence-corrected chi connectivity index (χ3v) is 3.98. The van der Waals surface area contributed by atoms with Crippen LogP contribution in [0.2, 0.25) is 0 Å². The third kappa shape index (κ3) is 2.69. The number of rotatable bonds is 5. The summed E-state index contributed by atoms with van der Waals surface area (Å²) in [4.78, 5) is 14.1. The quantitative estimate of drug-likeness (QED) is 0.603. The zero-order chi connectivity index (χ0) is 13.0. The fraction of sp³-hybridized carbons (Fsp3) is 0.786. The zero-order valence-corrected chi connectivity index (χ0v) is 11.2. The van der Waals surface area contributed by atoms with Crippen molar-refractivity contribution < 1.29 is 9.53 Å². The molecule has 0 unspecified atom stereocenters. The largest absolute Gasteiger partial charge is 0.449 e. The number of amides is 1. The lowest BCUT2D eigenvalue weighted by atomic mass is 10.0. The van der Waals surface area contributed by atoms with Crippen LogP contribution in [-0.4, -0.2) is 42.3 Å². The van der Waals surface area contributed by atoms with E-state index in [1.807, 2.05) is 11.0 Å². The van der Waals surface area contributed by atoms with Crippen LogP contribution in [0.4, 0.5) is 4.79 Å². The highest BCUT2D eigenvalue weighted by Crippen LogP contribution is 2.31. The minimum Gasteiger partial charge on any atom is -0.449 e. The summed E-state index contributed by atoms with van der Waals surface area (Å²) < 4.78 is 5.36. The van der Waals surface area contributed by atoms with Crippen LogP contribution in [0.25, 0.3) is 0 Å². The highest BCUT2D eigenvalue weighted by molar-refractivity contribution is 5.69. The molecule has 2 aliphatic heterocycles. The van der Waals surface area contributed by atoms with Gasteiger partial charge in [-0.2, -0.15) is 0 Å². The van der Waals surface area contributed by atoms with Crippen molar-refractivity contribution in [2.45, 2.75) is 57.2 Å². The second-order valence-corrected chi connectivity index (χ2v) is 5.21. The Hall–Kier alpha value is -1.03. The number of unbranched alkanes of at least 4 members (excludes halogenated alkanes) is 1. The first kappa shape index (κ1) is 13.4. The number of ether oxygens (including phenoxy) is 1. The number of carbonyl (C=O) groups excluding carboxylic acids is 1. The molecule has 1 N–H and O–H groups in total. The Morgan fingerprint density at radius 3 is 3.11 bits per heavy atom. The molecule has 0 aromatic heterocycles. The highest BCUT2D eigenvalue weighted by atomic mass is 16.6. The molecule has 2 fully saturated rings. The van der Waals surface area contributed by atoms with Gasteiger partial charge in [0.2, 0.25) is 0 Å². The van der Waals surface area contributed by atoms with Crippen molar-refractivity contribution in [3.05, 3.63) is 12.7 Å². The summed E-state index contributed by atoms with van der Waals surface area (Å²) in [5, 5.41) is 3.51. The molecule has 0 saturated carbocycles. The lowest BCUT2D eigenvalue weighted by molar-refractivity contribution is 0.0615. The van der Waals surface area contributed by atoms with Crippen molar-refractivity contribution in [2.75, 3.05) is 13.2 Å². The van der Waals surface area contributed by atoms with Crippen LogP contribution >= 0.6 is 0 Å². The van der Waals surface area contributed by atoms with Crippen molar-refractivity contribution in [3.8, 4) is 0 Å². The fourth-order valence-corrected chi connectivity index (χ4v) is 3.01. The maximum atomic E-state index is 12.1. The minimum atomic E-state index is -0.119. The van der Waals surface area contributed by atoms with Crippen LogP contribution in [0, 0.1) is 0 Å². The van der Waals surface area contributed by atoms with Gasteiger partial charge in [0.15, 0.2) is 0 Å². The van der Waals surface area contributed by atoms with Gasteiger partial charge in [-0.05, 0) is 25.7 Å². The molecule has 2 heterocycles. The molecule has 4 nitrogen and oxygen atoms in total. The predicted molar refractivity (Wildman–Crippen MR) is 71.5 cm³/mol. The molecule has 0 spiro atoms. The number of nitrogens with one attached hydrogen (secondary N) is 1. The van der Waals surface area contributed by atoms with Crippen molar-refractivity contribution in [1.29, 1.82) is 0 Å². The van der Waals surface area contributed by atoms with Crippen LogP contribution in [0.5, 0.6) is 0 Å². The van der Waals surface area contributed by atoms with E-state index in [4.69, 9.17) is 4.74 Å². The van der Waals surface area contributed by atoms with Gasteiger partial charge in [0.1, 0.15) is 0 Å². The van der Waals surface area contributed by atoms with E-state index < -0.39 is 0 Å². The van der Waals surface area contributed by atoms with E-state index in [0.29, 0.717) is 18.7 Å². The van der Waals surface area contributed by atoms with Crippen LogP contribution in [0.3, 0.4) is 0 Å². The van der Waals surface area contributed by atoms with E-state index in [-0.39, 0.29) is 12.1 Å². The lowest BCUT2D eigenvalue weighted by Crippen LogP contribution is -2.59. The smallest absolute Gasteiger partial charge is 0.410 e. The molecule has 2 aliphatic rings. The molecule has 102 valence electrons. The fourth-order valence-electron chi connectivity index (χ4n) is 3.01. The Labute approximate surface area is 109 Å². The molecule has 18 heavy (non-hydrogen) atoms. The molecule has 0 aliphatic carbocycles. The summed E-state index contributed by atoms with van der Waals surface area (Å²) in [6.07, 6.45) is 6.90. The van der Waals surface area contributed by atoms with Gasteiger partial charge in [0, 0.05) is 18.6 Å². The molecule has 0 aromatic rings. The van der Waals surface area contributed by atoms with E-state index in [0.717, 1.165) is 38.6 Å². The molecule has 0 aromatic carbocycles. The number of fused-ring (bicyclic) bond motifs is 2. The van der Waals surface area contributed by atoms with Crippen molar-refractivity contribution in [3.63, 3.8) is 0 Å². The topological polar surface area (TPSA) is 41.6 Å². The maximum absolute atomic E-state index is 12.1. The van der Waals surface area contributed by atoms with Gasteiger partial charge in [0.25, 0.3) is 0 Å².